The molecule has 0 amide bonds. The lowest BCUT2D eigenvalue weighted by Gasteiger charge is -2.40. The van der Waals surface area contributed by atoms with Crippen LogP contribution in [-0.2, 0) is 16.2 Å². The fourth-order valence-electron chi connectivity index (χ4n) is 17.1. The molecule has 20 rings (SSSR count). The minimum absolute atomic E-state index is 0.189. The van der Waals surface area contributed by atoms with Gasteiger partial charge in [0.1, 0.15) is 11.5 Å². The maximum Gasteiger partial charge on any atom is 0.140 e. The molecule has 438 valence electrons. The predicted octanol–water partition coefficient (Wildman–Crippen LogP) is 22.4. The van der Waals surface area contributed by atoms with Crippen LogP contribution in [0.1, 0.15) is 77.9 Å². The van der Waals surface area contributed by atoms with Crippen LogP contribution < -0.4 is 10.5 Å². The third kappa shape index (κ3) is 7.70. The average molecular weight is 1190 g/mol. The Morgan fingerprint density at radius 3 is 1.18 bits per heavy atom. The summed E-state index contributed by atoms with van der Waals surface area (Å²) in [6.45, 7) is 4.34. The van der Waals surface area contributed by atoms with Crippen molar-refractivity contribution in [2.45, 2.75) is 30.1 Å². The molecule has 0 bridgehead atoms. The van der Waals surface area contributed by atoms with Crippen molar-refractivity contribution in [3.8, 4) is 67.1 Å². The lowest BCUT2D eigenvalue weighted by molar-refractivity contribution is 0.447. The van der Waals surface area contributed by atoms with Gasteiger partial charge in [0.05, 0.1) is 16.2 Å². The summed E-state index contributed by atoms with van der Waals surface area (Å²) in [5.41, 5.74) is 37.5. The van der Waals surface area contributed by atoms with Crippen LogP contribution in [0, 0.1) is 13.8 Å². The molecule has 2 heteroatoms. The van der Waals surface area contributed by atoms with Gasteiger partial charge in [0.2, 0.25) is 0 Å². The highest BCUT2D eigenvalue weighted by Crippen LogP contribution is 2.66. The Balaban J connectivity index is 0.000000107. The van der Waals surface area contributed by atoms with Crippen LogP contribution in [-0.4, -0.2) is 0 Å². The maximum absolute atomic E-state index is 7.05. The van der Waals surface area contributed by atoms with Gasteiger partial charge in [-0.2, -0.15) is 0 Å². The van der Waals surface area contributed by atoms with Crippen LogP contribution in [0.2, 0.25) is 0 Å². The van der Waals surface area contributed by atoms with Gasteiger partial charge in [0.25, 0.3) is 0 Å². The number of anilines is 1. The van der Waals surface area contributed by atoms with Gasteiger partial charge in [0.15, 0.2) is 0 Å². The minimum atomic E-state index is -0.510. The van der Waals surface area contributed by atoms with E-state index in [4.69, 9.17) is 10.5 Å². The lowest BCUT2D eigenvalue weighted by Crippen LogP contribution is -2.32. The molecule has 2 spiro atoms. The van der Waals surface area contributed by atoms with Crippen molar-refractivity contribution in [3.05, 3.63) is 412 Å². The molecule has 5 aliphatic rings. The Kier molecular flexibility index (Phi) is 12.3. The van der Waals surface area contributed by atoms with E-state index < -0.39 is 5.41 Å². The zero-order valence-electron chi connectivity index (χ0n) is 51.7. The first-order valence-corrected chi connectivity index (χ1v) is 32.4. The first-order chi connectivity index (χ1) is 45.9. The molecule has 4 aliphatic carbocycles. The topological polar surface area (TPSA) is 35.2 Å². The number of rotatable bonds is 3. The molecule has 15 aromatic carbocycles. The van der Waals surface area contributed by atoms with Gasteiger partial charge in [-0.1, -0.05) is 333 Å². The summed E-state index contributed by atoms with van der Waals surface area (Å²) in [6, 6.07) is 121. The van der Waals surface area contributed by atoms with Gasteiger partial charge in [0, 0.05) is 27.6 Å². The van der Waals surface area contributed by atoms with Crippen LogP contribution in [0.25, 0.3) is 77.2 Å². The number of benzene rings is 15. The van der Waals surface area contributed by atoms with Crippen molar-refractivity contribution in [2.75, 3.05) is 5.73 Å². The number of nitrogen functional groups attached to an aromatic ring is 1. The van der Waals surface area contributed by atoms with E-state index in [-0.39, 0.29) is 10.8 Å². The molecule has 93 heavy (non-hydrogen) atoms. The Bertz CT molecular complexity index is 5340. The monoisotopic (exact) mass is 1190 g/mol. The predicted molar refractivity (Wildman–Crippen MR) is 385 cm³/mol. The van der Waals surface area contributed by atoms with Crippen LogP contribution in [0.15, 0.2) is 334 Å². The van der Waals surface area contributed by atoms with Crippen molar-refractivity contribution in [2.24, 2.45) is 0 Å². The zero-order chi connectivity index (χ0) is 62.0. The summed E-state index contributed by atoms with van der Waals surface area (Å²) in [5, 5.41) is 4.65. The second-order valence-corrected chi connectivity index (χ2v) is 25.6. The van der Waals surface area contributed by atoms with Gasteiger partial charge in [-0.15, -0.1) is 0 Å². The number of hydrogen-bond acceptors (Lipinski definition) is 2. The van der Waals surface area contributed by atoms with Crippen molar-refractivity contribution in [1.29, 1.82) is 0 Å². The van der Waals surface area contributed by atoms with Crippen LogP contribution in [0.4, 0.5) is 5.69 Å². The quantitative estimate of drug-likeness (QED) is 0.179. The highest BCUT2D eigenvalue weighted by molar-refractivity contribution is 6.03. The third-order valence-corrected chi connectivity index (χ3v) is 20.8. The Hall–Kier alpha value is -11.6. The number of aryl methyl sites for hydroxylation is 2. The summed E-state index contributed by atoms with van der Waals surface area (Å²) < 4.78 is 7.05. The Labute approximate surface area is 543 Å². The number of hydrogen-bond donors (Lipinski definition) is 1. The normalized spacial score (nSPS) is 14.1. The zero-order valence-corrected chi connectivity index (χ0v) is 51.7. The second-order valence-electron chi connectivity index (χ2n) is 25.6. The summed E-state index contributed by atoms with van der Waals surface area (Å²) >= 11 is 0. The largest absolute Gasteiger partial charge is 0.455 e. The second kappa shape index (κ2) is 21.0. The smallest absolute Gasteiger partial charge is 0.140 e. The van der Waals surface area contributed by atoms with E-state index in [1.54, 1.807) is 0 Å². The highest BCUT2D eigenvalue weighted by Gasteiger charge is 2.54. The van der Waals surface area contributed by atoms with Crippen molar-refractivity contribution in [1.82, 2.24) is 0 Å². The van der Waals surface area contributed by atoms with Gasteiger partial charge in [-0.05, 0) is 148 Å². The molecule has 15 aromatic rings. The van der Waals surface area contributed by atoms with Crippen LogP contribution in [0.3, 0.4) is 0 Å². The first-order valence-electron chi connectivity index (χ1n) is 32.4. The SMILES string of the molecule is Cc1ccc(-c2cccc3c2-c2ccccc2C32c3ccc4ccccc4c3Oc3c2ccc2ccccc32)cc1.Cc1ccc2c(c1)C1(c3ccccc3-c3ccccc31)c1ccccc1-2.Nc1ccc2c(c1)-c1ccccc1C2(c1ccccc1)c1ccccc1. The fraction of sp³-hybridized carbons (Fsp3) is 0.0549. The standard InChI is InChI=1S/C40H26O.C26H18.C25H19N/c1-25-17-19-28(20-18-25)29-14-8-16-34-37(29)32-13-6-7-15-33(32)40(34)35-23-21-26-9-2-4-11-30(26)38(35)41-39-31-12-5-3-10-27(31)22-24-36(39)40;1-17-14-15-21-20-10-4-7-13-24(20)26(25(21)16-17)22-11-5-2-8-18(22)19-9-3-6-12-23(19)26;26-20-15-16-24-22(17-20)21-13-7-8-14-23(21)25(24,18-9-3-1-4-10-18)19-11-5-2-6-12-19/h2-24H,1H3;2-16H,1H3;1-17H,26H2. The summed E-state index contributed by atoms with van der Waals surface area (Å²) in [5.74, 6) is 1.91. The molecular weight excluding hydrogens is 1120 g/mol. The number of ether oxygens (including phenoxy) is 1. The Morgan fingerprint density at radius 1 is 0.247 bits per heavy atom. The van der Waals surface area contributed by atoms with Gasteiger partial charge in [-0.25, -0.2) is 0 Å². The number of nitrogens with two attached hydrogens (primary N) is 1. The van der Waals surface area contributed by atoms with Crippen LogP contribution in [0.5, 0.6) is 11.5 Å². The van der Waals surface area contributed by atoms with E-state index in [1.165, 1.54) is 144 Å². The van der Waals surface area contributed by atoms with E-state index in [1.807, 2.05) is 6.07 Å². The summed E-state index contributed by atoms with van der Waals surface area (Å²) in [7, 11) is 0. The molecule has 0 aromatic heterocycles. The maximum atomic E-state index is 7.05. The average Bonchev–Trinajstić information content (AvgIpc) is 1.56. The van der Waals surface area contributed by atoms with Crippen LogP contribution >= 0.6 is 0 Å². The minimum Gasteiger partial charge on any atom is -0.455 e. The lowest BCUT2D eigenvalue weighted by atomic mass is 9.65. The molecule has 2 nitrogen and oxygen atoms in total. The van der Waals surface area contributed by atoms with Crippen molar-refractivity contribution < 1.29 is 4.74 Å². The van der Waals surface area contributed by atoms with Gasteiger partial charge >= 0.3 is 0 Å². The molecule has 0 saturated carbocycles. The molecule has 0 radical (unpaired) electrons. The van der Waals surface area contributed by atoms with Crippen molar-refractivity contribution >= 4 is 27.2 Å². The van der Waals surface area contributed by atoms with E-state index >= 15 is 0 Å². The summed E-state index contributed by atoms with van der Waals surface area (Å²) in [4.78, 5) is 0. The first kappa shape index (κ1) is 54.4. The molecular formula is C91H63NO. The molecule has 0 unspecified atom stereocenters. The third-order valence-electron chi connectivity index (χ3n) is 20.8. The molecule has 1 heterocycles. The van der Waals surface area contributed by atoms with Crippen molar-refractivity contribution in [3.63, 3.8) is 0 Å². The molecule has 0 atom stereocenters. The fourth-order valence-corrected chi connectivity index (χ4v) is 17.1. The Morgan fingerprint density at radius 2 is 0.634 bits per heavy atom. The van der Waals surface area contributed by atoms with E-state index in [2.05, 4.69) is 341 Å². The molecule has 1 aliphatic heterocycles. The van der Waals surface area contributed by atoms with E-state index in [9.17, 15) is 0 Å². The van der Waals surface area contributed by atoms with E-state index in [0.29, 0.717) is 0 Å². The molecule has 2 N–H and O–H groups in total. The van der Waals surface area contributed by atoms with Gasteiger partial charge < -0.3 is 10.5 Å². The van der Waals surface area contributed by atoms with Gasteiger partial charge in [-0.3, -0.25) is 0 Å². The molecule has 0 saturated heterocycles. The number of fused-ring (bicyclic) bond motifs is 26. The van der Waals surface area contributed by atoms with E-state index in [0.717, 1.165) is 28.0 Å². The highest BCUT2D eigenvalue weighted by atomic mass is 16.5. The molecule has 0 fully saturated rings. The summed E-state index contributed by atoms with van der Waals surface area (Å²) in [6.07, 6.45) is 0.